The molecule has 0 radical (unpaired) electrons. The molecule has 0 saturated heterocycles. The fourth-order valence-electron chi connectivity index (χ4n) is 3.12. The lowest BCUT2D eigenvalue weighted by Crippen LogP contribution is -2.01. The number of hydrogen-bond acceptors (Lipinski definition) is 3. The van der Waals surface area contributed by atoms with Crippen LogP contribution in [0.2, 0.25) is 5.02 Å². The van der Waals surface area contributed by atoms with Crippen molar-refractivity contribution in [3.8, 4) is 11.5 Å². The van der Waals surface area contributed by atoms with E-state index in [0.29, 0.717) is 28.2 Å². The third-order valence-corrected chi connectivity index (χ3v) is 4.90. The minimum atomic E-state index is -0.553. The molecule has 1 aliphatic heterocycles. The number of hydrogen-bond donors (Lipinski definition) is 0. The van der Waals surface area contributed by atoms with Gasteiger partial charge in [-0.2, -0.15) is 0 Å². The van der Waals surface area contributed by atoms with E-state index in [2.05, 4.69) is 0 Å². The maximum Gasteiger partial charge on any atom is 0.232 e. The quantitative estimate of drug-likeness (QED) is 0.484. The van der Waals surface area contributed by atoms with Gasteiger partial charge >= 0.3 is 0 Å². The van der Waals surface area contributed by atoms with Crippen LogP contribution in [-0.4, -0.2) is 5.78 Å². The number of aryl methyl sites for hydroxylation is 1. The van der Waals surface area contributed by atoms with Gasteiger partial charge < -0.3 is 9.47 Å². The van der Waals surface area contributed by atoms with Gasteiger partial charge in [-0.1, -0.05) is 35.9 Å². The Morgan fingerprint density at radius 2 is 1.83 bits per heavy atom. The van der Waals surface area contributed by atoms with Crippen LogP contribution in [0.5, 0.6) is 11.5 Å². The van der Waals surface area contributed by atoms with E-state index < -0.39 is 5.82 Å². The zero-order valence-corrected chi connectivity index (χ0v) is 16.1. The summed E-state index contributed by atoms with van der Waals surface area (Å²) in [4.78, 5) is 12.7. The standard InChI is InChI=1S/C23H15ClF2O3/c1-13-9-15(28-12-14-5-2-3-7-18(14)25)10-20-22(13)23(27)21(29-20)11-16-17(24)6-4-8-19(16)26/h2-11H,12H2,1H3/b21-11-. The summed E-state index contributed by atoms with van der Waals surface area (Å²) in [5.74, 6) is -0.565. The van der Waals surface area contributed by atoms with Gasteiger partial charge in [0.1, 0.15) is 29.7 Å². The molecule has 0 N–H and O–H groups in total. The molecule has 0 spiro atoms. The number of carbonyl (C=O) groups excluding carboxylic acids is 1. The Labute approximate surface area is 171 Å². The number of ketones is 1. The molecule has 0 aromatic heterocycles. The molecule has 6 heteroatoms. The second-order valence-electron chi connectivity index (χ2n) is 6.57. The third-order valence-electron chi connectivity index (χ3n) is 4.57. The van der Waals surface area contributed by atoms with Crippen LogP contribution < -0.4 is 9.47 Å². The summed E-state index contributed by atoms with van der Waals surface area (Å²) >= 11 is 6.03. The predicted molar refractivity (Wildman–Crippen MR) is 106 cm³/mol. The van der Waals surface area contributed by atoms with Gasteiger partial charge in [-0.15, -0.1) is 0 Å². The molecule has 3 aromatic rings. The van der Waals surface area contributed by atoms with Gasteiger partial charge in [0.05, 0.1) is 10.6 Å². The van der Waals surface area contributed by atoms with Crippen LogP contribution in [0.25, 0.3) is 6.08 Å². The number of halogens is 3. The number of benzene rings is 3. The number of rotatable bonds is 4. The number of ether oxygens (including phenoxy) is 2. The van der Waals surface area contributed by atoms with Gasteiger partial charge in [-0.25, -0.2) is 8.78 Å². The van der Waals surface area contributed by atoms with Gasteiger partial charge in [0.15, 0.2) is 5.76 Å². The van der Waals surface area contributed by atoms with Crippen LogP contribution in [0, 0.1) is 18.6 Å². The Morgan fingerprint density at radius 1 is 1.07 bits per heavy atom. The SMILES string of the molecule is Cc1cc(OCc2ccccc2F)cc2c1C(=O)/C(=C/c1c(F)cccc1Cl)O2. The zero-order valence-electron chi connectivity index (χ0n) is 15.3. The van der Waals surface area contributed by atoms with E-state index in [1.807, 2.05) is 0 Å². The largest absolute Gasteiger partial charge is 0.489 e. The molecule has 3 aromatic carbocycles. The molecule has 0 amide bonds. The van der Waals surface area contributed by atoms with Crippen molar-refractivity contribution in [2.24, 2.45) is 0 Å². The molecule has 3 nitrogen and oxygen atoms in total. The molecule has 29 heavy (non-hydrogen) atoms. The molecule has 146 valence electrons. The van der Waals surface area contributed by atoms with Gasteiger partial charge in [0.25, 0.3) is 0 Å². The van der Waals surface area contributed by atoms with E-state index >= 15 is 0 Å². The highest BCUT2D eigenvalue weighted by molar-refractivity contribution is 6.32. The highest BCUT2D eigenvalue weighted by atomic mass is 35.5. The van der Waals surface area contributed by atoms with E-state index in [0.717, 1.165) is 0 Å². The van der Waals surface area contributed by atoms with Crippen molar-refractivity contribution in [1.82, 2.24) is 0 Å². The summed E-state index contributed by atoms with van der Waals surface area (Å²) in [7, 11) is 0. The van der Waals surface area contributed by atoms with E-state index in [4.69, 9.17) is 21.1 Å². The number of Topliss-reactive ketones (excluding diaryl/α,β-unsaturated/α-hetero) is 1. The molecule has 0 atom stereocenters. The summed E-state index contributed by atoms with van der Waals surface area (Å²) in [6.07, 6.45) is 1.29. The lowest BCUT2D eigenvalue weighted by atomic mass is 10.0. The maximum atomic E-state index is 14.1. The average molecular weight is 413 g/mol. The molecule has 1 heterocycles. The second-order valence-corrected chi connectivity index (χ2v) is 6.98. The lowest BCUT2D eigenvalue weighted by Gasteiger charge is -2.09. The first-order valence-electron chi connectivity index (χ1n) is 8.83. The van der Waals surface area contributed by atoms with Crippen molar-refractivity contribution in [2.75, 3.05) is 0 Å². The van der Waals surface area contributed by atoms with E-state index in [1.54, 1.807) is 37.3 Å². The van der Waals surface area contributed by atoms with Crippen molar-refractivity contribution in [3.63, 3.8) is 0 Å². The molecular formula is C23H15ClF2O3. The Hall–Kier alpha value is -3.18. The van der Waals surface area contributed by atoms with E-state index in [9.17, 15) is 13.6 Å². The Balaban J connectivity index is 1.62. The molecule has 0 aliphatic carbocycles. The van der Waals surface area contributed by atoms with Crippen molar-refractivity contribution >= 4 is 23.5 Å². The van der Waals surface area contributed by atoms with Crippen molar-refractivity contribution < 1.29 is 23.0 Å². The van der Waals surface area contributed by atoms with Crippen LogP contribution in [0.15, 0.2) is 60.4 Å². The highest BCUT2D eigenvalue weighted by Crippen LogP contribution is 2.38. The fourth-order valence-corrected chi connectivity index (χ4v) is 3.33. The molecule has 0 saturated carbocycles. The van der Waals surface area contributed by atoms with Gasteiger partial charge in [-0.05, 0) is 42.8 Å². The zero-order chi connectivity index (χ0) is 20.5. The van der Waals surface area contributed by atoms with E-state index in [-0.39, 0.29) is 34.6 Å². The summed E-state index contributed by atoms with van der Waals surface area (Å²) < 4.78 is 39.2. The van der Waals surface area contributed by atoms with Crippen LogP contribution in [0.3, 0.4) is 0 Å². The normalized spacial score (nSPS) is 14.1. The summed E-state index contributed by atoms with van der Waals surface area (Å²) in [6.45, 7) is 1.78. The van der Waals surface area contributed by atoms with Crippen molar-refractivity contribution in [1.29, 1.82) is 0 Å². The average Bonchev–Trinajstić information content (AvgIpc) is 3.00. The number of allylic oxidation sites excluding steroid dienone is 1. The van der Waals surface area contributed by atoms with Crippen LogP contribution in [-0.2, 0) is 6.61 Å². The summed E-state index contributed by atoms with van der Waals surface area (Å²) in [6, 6.07) is 13.8. The second kappa shape index (κ2) is 7.68. The van der Waals surface area contributed by atoms with Crippen LogP contribution in [0.4, 0.5) is 8.78 Å². The van der Waals surface area contributed by atoms with Crippen LogP contribution >= 0.6 is 11.6 Å². The first kappa shape index (κ1) is 19.2. The molecule has 0 unspecified atom stereocenters. The number of carbonyl (C=O) groups is 1. The molecule has 1 aliphatic rings. The Morgan fingerprint density at radius 3 is 2.59 bits per heavy atom. The van der Waals surface area contributed by atoms with Crippen molar-refractivity contribution in [3.05, 3.63) is 99.3 Å². The monoisotopic (exact) mass is 412 g/mol. The minimum Gasteiger partial charge on any atom is -0.489 e. The fraction of sp³-hybridized carbons (Fsp3) is 0.0870. The summed E-state index contributed by atoms with van der Waals surface area (Å²) in [5, 5.41) is 0.176. The Kier molecular flexibility index (Phi) is 5.07. The third kappa shape index (κ3) is 3.74. The van der Waals surface area contributed by atoms with Gasteiger partial charge in [0.2, 0.25) is 5.78 Å². The lowest BCUT2D eigenvalue weighted by molar-refractivity contribution is 0.101. The van der Waals surface area contributed by atoms with E-state index in [1.165, 1.54) is 30.3 Å². The van der Waals surface area contributed by atoms with Gasteiger partial charge in [-0.3, -0.25) is 4.79 Å². The summed E-state index contributed by atoms with van der Waals surface area (Å²) in [5.41, 5.74) is 1.51. The minimum absolute atomic E-state index is 0.0265. The predicted octanol–water partition coefficient (Wildman–Crippen LogP) is 6.12. The molecule has 4 rings (SSSR count). The topological polar surface area (TPSA) is 35.5 Å². The molecular weight excluding hydrogens is 398 g/mol. The number of fused-ring (bicyclic) bond motifs is 1. The first-order valence-corrected chi connectivity index (χ1v) is 9.21. The Bertz CT molecular complexity index is 1130. The first-order chi connectivity index (χ1) is 13.9. The highest BCUT2D eigenvalue weighted by Gasteiger charge is 2.30. The molecule has 0 fully saturated rings. The van der Waals surface area contributed by atoms with Crippen LogP contribution in [0.1, 0.15) is 27.0 Å². The maximum absolute atomic E-state index is 14.1. The van der Waals surface area contributed by atoms with Crippen molar-refractivity contribution in [2.45, 2.75) is 13.5 Å². The smallest absolute Gasteiger partial charge is 0.232 e. The van der Waals surface area contributed by atoms with Gasteiger partial charge in [0, 0.05) is 17.2 Å². The molecule has 0 bridgehead atoms.